The lowest BCUT2D eigenvalue weighted by atomic mass is 10.1. The second-order valence-corrected chi connectivity index (χ2v) is 7.60. The number of thioether (sulfide) groups is 1. The zero-order valence-electron chi connectivity index (χ0n) is 15.7. The van der Waals surface area contributed by atoms with Crippen LogP contribution in [0.1, 0.15) is 18.4 Å². The lowest BCUT2D eigenvalue weighted by molar-refractivity contribution is 0.151. The summed E-state index contributed by atoms with van der Waals surface area (Å²) in [6.07, 6.45) is -1.34. The lowest BCUT2D eigenvalue weighted by Gasteiger charge is -2.36. The minimum atomic E-state index is -2.41. The molecule has 0 radical (unpaired) electrons. The van der Waals surface area contributed by atoms with Crippen LogP contribution in [0, 0.1) is 0 Å². The highest BCUT2D eigenvalue weighted by molar-refractivity contribution is 7.99. The van der Waals surface area contributed by atoms with Gasteiger partial charge in [-0.25, -0.2) is 8.78 Å². The van der Waals surface area contributed by atoms with Crippen molar-refractivity contribution < 1.29 is 8.78 Å². The van der Waals surface area contributed by atoms with Crippen molar-refractivity contribution >= 4 is 23.4 Å². The molecule has 148 valence electrons. The van der Waals surface area contributed by atoms with Crippen molar-refractivity contribution in [3.63, 3.8) is 0 Å². The van der Waals surface area contributed by atoms with E-state index in [0.29, 0.717) is 0 Å². The lowest BCUT2D eigenvalue weighted by Crippen LogP contribution is -2.46. The molecule has 1 aliphatic rings. The second-order valence-electron chi connectivity index (χ2n) is 6.54. The number of anilines is 2. The summed E-state index contributed by atoms with van der Waals surface area (Å²) in [5.74, 6) is 1.76. The molecule has 0 atom stereocenters. The van der Waals surface area contributed by atoms with Crippen LogP contribution < -0.4 is 10.2 Å². The van der Waals surface area contributed by atoms with Crippen molar-refractivity contribution in [1.82, 2.24) is 19.7 Å². The Kier molecular flexibility index (Phi) is 6.89. The molecule has 0 unspecified atom stereocenters. The minimum absolute atomic E-state index is 0.0946. The molecule has 1 fully saturated rings. The van der Waals surface area contributed by atoms with Gasteiger partial charge in [0, 0.05) is 57.3 Å². The molecule has 1 aromatic carbocycles. The number of hydrogen-bond donors (Lipinski definition) is 1. The summed E-state index contributed by atoms with van der Waals surface area (Å²) in [4.78, 5) is 4.62. The van der Waals surface area contributed by atoms with Gasteiger partial charge in [-0.1, -0.05) is 23.9 Å². The molecule has 1 saturated heterocycles. The Labute approximate surface area is 162 Å². The molecule has 2 heterocycles. The van der Waals surface area contributed by atoms with Gasteiger partial charge >= 0.3 is 0 Å². The predicted molar refractivity (Wildman–Crippen MR) is 106 cm³/mol. The van der Waals surface area contributed by atoms with Crippen molar-refractivity contribution in [1.29, 1.82) is 0 Å². The molecule has 1 N–H and O–H groups in total. The van der Waals surface area contributed by atoms with Gasteiger partial charge in [-0.2, -0.15) is 0 Å². The van der Waals surface area contributed by atoms with Crippen LogP contribution in [0.25, 0.3) is 0 Å². The van der Waals surface area contributed by atoms with Crippen LogP contribution in [0.15, 0.2) is 29.4 Å². The first kappa shape index (κ1) is 19.9. The first-order chi connectivity index (χ1) is 13.1. The average molecular weight is 397 g/mol. The molecule has 6 nitrogen and oxygen atoms in total. The van der Waals surface area contributed by atoms with Crippen LogP contribution in [0.4, 0.5) is 20.4 Å². The maximum atomic E-state index is 12.9. The van der Waals surface area contributed by atoms with Crippen molar-refractivity contribution in [2.24, 2.45) is 7.05 Å². The molecule has 27 heavy (non-hydrogen) atoms. The average Bonchev–Trinajstić information content (AvgIpc) is 3.05. The van der Waals surface area contributed by atoms with Crippen LogP contribution >= 0.6 is 11.8 Å². The number of benzene rings is 1. The first-order valence-electron chi connectivity index (χ1n) is 9.14. The Bertz CT molecular complexity index is 730. The fourth-order valence-corrected chi connectivity index (χ4v) is 4.03. The second kappa shape index (κ2) is 9.36. The first-order valence-corrected chi connectivity index (χ1v) is 10.1. The molecule has 0 amide bonds. The van der Waals surface area contributed by atoms with Gasteiger partial charge in [0.2, 0.25) is 5.95 Å². The summed E-state index contributed by atoms with van der Waals surface area (Å²) in [5, 5.41) is 12.2. The summed E-state index contributed by atoms with van der Waals surface area (Å²) in [7, 11) is 3.79. The van der Waals surface area contributed by atoms with Crippen molar-refractivity contribution in [2.45, 2.75) is 18.0 Å². The molecule has 0 spiro atoms. The molecule has 0 bridgehead atoms. The van der Waals surface area contributed by atoms with Crippen molar-refractivity contribution in [3.05, 3.63) is 29.8 Å². The number of hydrogen-bond acceptors (Lipinski definition) is 6. The highest BCUT2D eigenvalue weighted by Crippen LogP contribution is 2.25. The molecule has 2 aromatic rings. The summed E-state index contributed by atoms with van der Waals surface area (Å²) in [6, 6.07) is 6.72. The number of aromatic nitrogens is 3. The van der Waals surface area contributed by atoms with Gasteiger partial charge in [0.1, 0.15) is 0 Å². The topological polar surface area (TPSA) is 49.2 Å². The molecule has 9 heteroatoms. The third kappa shape index (κ3) is 5.10. The van der Waals surface area contributed by atoms with E-state index in [-0.39, 0.29) is 5.56 Å². The molecule has 1 aliphatic heterocycles. The molecule has 0 saturated carbocycles. The van der Waals surface area contributed by atoms with Gasteiger partial charge in [-0.15, -0.1) is 10.2 Å². The van der Waals surface area contributed by atoms with E-state index in [9.17, 15) is 8.78 Å². The van der Waals surface area contributed by atoms with E-state index in [1.54, 1.807) is 23.9 Å². The van der Waals surface area contributed by atoms with E-state index < -0.39 is 6.43 Å². The van der Waals surface area contributed by atoms with E-state index in [1.807, 2.05) is 24.7 Å². The zero-order chi connectivity index (χ0) is 19.2. The van der Waals surface area contributed by atoms with Crippen LogP contribution in [0.3, 0.4) is 0 Å². The zero-order valence-corrected chi connectivity index (χ0v) is 16.6. The fraction of sp³-hybridized carbons (Fsp3) is 0.556. The molecule has 3 rings (SSSR count). The maximum absolute atomic E-state index is 12.9. The third-order valence-corrected chi connectivity index (χ3v) is 5.87. The number of alkyl halides is 2. The SMILES string of the molecule is CNc1nnc(SCCCN2CCN(c3cccc(C(F)F)c3)CC2)n1C. The number of piperazine rings is 1. The molecule has 1 aromatic heterocycles. The smallest absolute Gasteiger partial charge is 0.263 e. The van der Waals surface area contributed by atoms with E-state index in [2.05, 4.69) is 25.3 Å². The van der Waals surface area contributed by atoms with E-state index in [0.717, 1.165) is 61.7 Å². The predicted octanol–water partition coefficient (Wildman–Crippen LogP) is 3.10. The van der Waals surface area contributed by atoms with E-state index in [4.69, 9.17) is 0 Å². The van der Waals surface area contributed by atoms with E-state index in [1.165, 1.54) is 6.07 Å². The Morgan fingerprint density at radius 1 is 1.19 bits per heavy atom. The van der Waals surface area contributed by atoms with Gasteiger partial charge in [0.05, 0.1) is 0 Å². The van der Waals surface area contributed by atoms with Crippen LogP contribution in [0.2, 0.25) is 0 Å². The van der Waals surface area contributed by atoms with Gasteiger partial charge in [-0.05, 0) is 25.1 Å². The number of halogens is 2. The summed E-state index contributed by atoms with van der Waals surface area (Å²) < 4.78 is 27.7. The Hall–Kier alpha value is -1.87. The van der Waals surface area contributed by atoms with Gasteiger partial charge in [0.25, 0.3) is 6.43 Å². The monoisotopic (exact) mass is 396 g/mol. The van der Waals surface area contributed by atoms with Gasteiger partial charge in [0.15, 0.2) is 5.16 Å². The van der Waals surface area contributed by atoms with Crippen LogP contribution in [0.5, 0.6) is 0 Å². The van der Waals surface area contributed by atoms with Crippen LogP contribution in [-0.4, -0.2) is 65.2 Å². The highest BCUT2D eigenvalue weighted by atomic mass is 32.2. The fourth-order valence-electron chi connectivity index (χ4n) is 3.20. The maximum Gasteiger partial charge on any atom is 0.263 e. The minimum Gasteiger partial charge on any atom is -0.369 e. The number of nitrogens with one attached hydrogen (secondary N) is 1. The summed E-state index contributed by atoms with van der Waals surface area (Å²) in [5.41, 5.74) is 0.989. The number of nitrogens with zero attached hydrogens (tertiary/aromatic N) is 5. The number of rotatable bonds is 8. The van der Waals surface area contributed by atoms with Crippen molar-refractivity contribution in [2.75, 3.05) is 55.7 Å². The molecular weight excluding hydrogens is 370 g/mol. The third-order valence-electron chi connectivity index (χ3n) is 4.77. The summed E-state index contributed by atoms with van der Waals surface area (Å²) >= 11 is 1.71. The summed E-state index contributed by atoms with van der Waals surface area (Å²) in [6.45, 7) is 4.69. The van der Waals surface area contributed by atoms with Gasteiger partial charge < -0.3 is 10.2 Å². The Morgan fingerprint density at radius 3 is 2.63 bits per heavy atom. The quantitative estimate of drug-likeness (QED) is 0.547. The van der Waals surface area contributed by atoms with Gasteiger partial charge in [-0.3, -0.25) is 9.47 Å². The Morgan fingerprint density at radius 2 is 1.96 bits per heavy atom. The van der Waals surface area contributed by atoms with Crippen molar-refractivity contribution in [3.8, 4) is 0 Å². The molecule has 0 aliphatic carbocycles. The largest absolute Gasteiger partial charge is 0.369 e. The van der Waals surface area contributed by atoms with E-state index >= 15 is 0 Å². The Balaban J connectivity index is 1.39. The normalized spacial score (nSPS) is 15.5. The molecular formula is C18H26F2N6S. The van der Waals surface area contributed by atoms with Crippen LogP contribution in [-0.2, 0) is 7.05 Å². The highest BCUT2D eigenvalue weighted by Gasteiger charge is 2.18. The standard InChI is InChI=1S/C18H26F2N6S/c1-21-17-22-23-18(24(17)2)27-12-4-7-25-8-10-26(11-9-25)15-6-3-5-14(13-15)16(19)20/h3,5-6,13,16H,4,7-12H2,1-2H3,(H,21,22).